The van der Waals surface area contributed by atoms with Gasteiger partial charge in [0, 0.05) is 25.7 Å². The Morgan fingerprint density at radius 1 is 1.47 bits per heavy atom. The topological polar surface area (TPSA) is 52.6 Å². The molecule has 1 aromatic rings. The van der Waals surface area contributed by atoms with Crippen molar-refractivity contribution in [3.05, 3.63) is 35.9 Å². The van der Waals surface area contributed by atoms with Crippen LogP contribution in [0.25, 0.3) is 0 Å². The fraction of sp³-hybridized carbons (Fsp3) is 0.462. The number of carboxylic acid groups (broad SMARTS) is 1. The van der Waals surface area contributed by atoms with E-state index in [1.807, 2.05) is 35.2 Å². The lowest BCUT2D eigenvalue weighted by atomic mass is 10.0. The van der Waals surface area contributed by atoms with E-state index in [9.17, 15) is 9.90 Å². The van der Waals surface area contributed by atoms with Crippen LogP contribution in [-0.2, 0) is 4.79 Å². The molecule has 0 radical (unpaired) electrons. The van der Waals surface area contributed by atoms with E-state index in [-0.39, 0.29) is 6.04 Å². The maximum absolute atomic E-state index is 11.2. The molecule has 1 aromatic carbocycles. The summed E-state index contributed by atoms with van der Waals surface area (Å²) in [5.74, 6) is -0.750. The van der Waals surface area contributed by atoms with E-state index in [4.69, 9.17) is 0 Å². The summed E-state index contributed by atoms with van der Waals surface area (Å²) in [4.78, 5) is 13.3. The van der Waals surface area contributed by atoms with E-state index in [1.54, 1.807) is 0 Å². The third kappa shape index (κ3) is 2.65. The van der Waals surface area contributed by atoms with Crippen LogP contribution in [0.1, 0.15) is 18.5 Å². The number of aliphatic carboxylic acids is 1. The van der Waals surface area contributed by atoms with E-state index in [2.05, 4.69) is 12.2 Å². The molecule has 2 N–H and O–H groups in total. The Bertz CT molecular complexity index is 380. The monoisotopic (exact) mass is 234 g/mol. The molecule has 0 amide bonds. The molecule has 4 heteroatoms. The van der Waals surface area contributed by atoms with Gasteiger partial charge in [-0.25, -0.2) is 0 Å². The number of benzene rings is 1. The molecule has 1 fully saturated rings. The zero-order valence-electron chi connectivity index (χ0n) is 9.97. The van der Waals surface area contributed by atoms with Crippen molar-refractivity contribution in [2.75, 3.05) is 19.6 Å². The zero-order chi connectivity index (χ0) is 12.3. The van der Waals surface area contributed by atoms with E-state index >= 15 is 0 Å². The molecule has 2 rings (SSSR count). The second-order valence-electron chi connectivity index (χ2n) is 4.38. The number of piperazine rings is 1. The van der Waals surface area contributed by atoms with Crippen molar-refractivity contribution in [2.45, 2.75) is 19.0 Å². The van der Waals surface area contributed by atoms with Crippen molar-refractivity contribution in [1.82, 2.24) is 10.2 Å². The fourth-order valence-electron chi connectivity index (χ4n) is 2.34. The second-order valence-corrected chi connectivity index (χ2v) is 4.38. The van der Waals surface area contributed by atoms with Crippen molar-refractivity contribution in [1.29, 1.82) is 0 Å². The van der Waals surface area contributed by atoms with E-state index in [0.29, 0.717) is 6.54 Å². The summed E-state index contributed by atoms with van der Waals surface area (Å²) < 4.78 is 0. The first-order valence-corrected chi connectivity index (χ1v) is 5.94. The van der Waals surface area contributed by atoms with Crippen LogP contribution in [0.2, 0.25) is 0 Å². The van der Waals surface area contributed by atoms with Crippen molar-refractivity contribution in [3.63, 3.8) is 0 Å². The molecule has 0 bridgehead atoms. The van der Waals surface area contributed by atoms with Gasteiger partial charge in [0.15, 0.2) is 0 Å². The minimum atomic E-state index is -0.750. The molecule has 2 unspecified atom stereocenters. The van der Waals surface area contributed by atoms with Crippen LogP contribution in [0.5, 0.6) is 0 Å². The van der Waals surface area contributed by atoms with Crippen LogP contribution in [0.3, 0.4) is 0 Å². The minimum absolute atomic E-state index is 0.138. The maximum atomic E-state index is 11.2. The predicted octanol–water partition coefficient (Wildman–Crippen LogP) is 1.11. The summed E-state index contributed by atoms with van der Waals surface area (Å²) in [5.41, 5.74) is 1.17. The second kappa shape index (κ2) is 5.29. The first-order chi connectivity index (χ1) is 8.20. The quantitative estimate of drug-likeness (QED) is 0.822. The maximum Gasteiger partial charge on any atom is 0.322 e. The SMILES string of the molecule is CC(c1ccccc1)N1CCNCC1C(=O)O. The number of nitrogens with zero attached hydrogens (tertiary/aromatic N) is 1. The lowest BCUT2D eigenvalue weighted by Crippen LogP contribution is -2.55. The van der Waals surface area contributed by atoms with E-state index in [1.165, 1.54) is 5.56 Å². The lowest BCUT2D eigenvalue weighted by Gasteiger charge is -2.38. The van der Waals surface area contributed by atoms with Gasteiger partial charge in [0.05, 0.1) is 0 Å². The Balaban J connectivity index is 2.16. The first-order valence-electron chi connectivity index (χ1n) is 5.94. The number of carbonyl (C=O) groups is 1. The van der Waals surface area contributed by atoms with Crippen molar-refractivity contribution in [2.24, 2.45) is 0 Å². The van der Waals surface area contributed by atoms with Gasteiger partial charge >= 0.3 is 5.97 Å². The summed E-state index contributed by atoms with van der Waals surface area (Å²) in [6.07, 6.45) is 0. The third-order valence-corrected chi connectivity index (χ3v) is 3.35. The smallest absolute Gasteiger partial charge is 0.322 e. The minimum Gasteiger partial charge on any atom is -0.480 e. The van der Waals surface area contributed by atoms with Crippen molar-refractivity contribution < 1.29 is 9.90 Å². The normalized spacial score (nSPS) is 23.2. The Hall–Kier alpha value is -1.39. The van der Waals surface area contributed by atoms with E-state index < -0.39 is 12.0 Å². The van der Waals surface area contributed by atoms with Crippen molar-refractivity contribution >= 4 is 5.97 Å². The number of hydrogen-bond donors (Lipinski definition) is 2. The first kappa shape index (κ1) is 12.1. The lowest BCUT2D eigenvalue weighted by molar-refractivity contribution is -0.145. The highest BCUT2D eigenvalue weighted by molar-refractivity contribution is 5.74. The van der Waals surface area contributed by atoms with Gasteiger partial charge in [0.1, 0.15) is 6.04 Å². The molecule has 0 spiro atoms. The summed E-state index contributed by atoms with van der Waals surface area (Å²) in [6, 6.07) is 9.76. The van der Waals surface area contributed by atoms with Gasteiger partial charge < -0.3 is 10.4 Å². The van der Waals surface area contributed by atoms with Crippen molar-refractivity contribution in [3.8, 4) is 0 Å². The average Bonchev–Trinajstić information content (AvgIpc) is 2.39. The Labute approximate surface area is 101 Å². The Kier molecular flexibility index (Phi) is 3.76. The van der Waals surface area contributed by atoms with Gasteiger partial charge in [-0.3, -0.25) is 9.69 Å². The summed E-state index contributed by atoms with van der Waals surface area (Å²) in [7, 11) is 0. The standard InChI is InChI=1S/C13H18N2O2/c1-10(11-5-3-2-4-6-11)15-8-7-14-9-12(15)13(16)17/h2-6,10,12,14H,7-9H2,1H3,(H,16,17). The van der Waals surface area contributed by atoms with Gasteiger partial charge in [0.25, 0.3) is 0 Å². The molecule has 92 valence electrons. The molecule has 2 atom stereocenters. The molecule has 0 saturated carbocycles. The number of rotatable bonds is 3. The number of carboxylic acids is 1. The van der Waals surface area contributed by atoms with Gasteiger partial charge in [0.2, 0.25) is 0 Å². The molecule has 1 saturated heterocycles. The summed E-state index contributed by atoms with van der Waals surface area (Å²) >= 11 is 0. The highest BCUT2D eigenvalue weighted by Crippen LogP contribution is 2.23. The summed E-state index contributed by atoms with van der Waals surface area (Å²) in [5, 5.41) is 12.4. The Morgan fingerprint density at radius 3 is 2.82 bits per heavy atom. The van der Waals surface area contributed by atoms with Gasteiger partial charge in [-0.15, -0.1) is 0 Å². The van der Waals surface area contributed by atoms with Crippen LogP contribution in [0.15, 0.2) is 30.3 Å². The largest absolute Gasteiger partial charge is 0.480 e. The number of nitrogens with one attached hydrogen (secondary N) is 1. The summed E-state index contributed by atoms with van der Waals surface area (Å²) in [6.45, 7) is 4.21. The van der Waals surface area contributed by atoms with Gasteiger partial charge in [-0.05, 0) is 12.5 Å². The molecule has 1 aliphatic heterocycles. The predicted molar refractivity (Wildman–Crippen MR) is 65.9 cm³/mol. The highest BCUT2D eigenvalue weighted by atomic mass is 16.4. The zero-order valence-corrected chi connectivity index (χ0v) is 9.97. The fourth-order valence-corrected chi connectivity index (χ4v) is 2.34. The van der Waals surface area contributed by atoms with Gasteiger partial charge in [-0.2, -0.15) is 0 Å². The van der Waals surface area contributed by atoms with Crippen LogP contribution < -0.4 is 5.32 Å². The molecule has 4 nitrogen and oxygen atoms in total. The van der Waals surface area contributed by atoms with Crippen LogP contribution in [-0.4, -0.2) is 41.7 Å². The highest BCUT2D eigenvalue weighted by Gasteiger charge is 2.31. The average molecular weight is 234 g/mol. The molecule has 1 aliphatic rings. The molecular weight excluding hydrogens is 216 g/mol. The van der Waals surface area contributed by atoms with Gasteiger partial charge in [-0.1, -0.05) is 30.3 Å². The Morgan fingerprint density at radius 2 is 2.18 bits per heavy atom. The molecule has 0 aliphatic carbocycles. The molecular formula is C13H18N2O2. The number of hydrogen-bond acceptors (Lipinski definition) is 3. The molecule has 1 heterocycles. The molecule has 0 aromatic heterocycles. The van der Waals surface area contributed by atoms with Crippen LogP contribution in [0.4, 0.5) is 0 Å². The molecule has 17 heavy (non-hydrogen) atoms. The van der Waals surface area contributed by atoms with E-state index in [0.717, 1.165) is 13.1 Å². The third-order valence-electron chi connectivity index (χ3n) is 3.35. The van der Waals surface area contributed by atoms with Crippen LogP contribution >= 0.6 is 0 Å². The van der Waals surface area contributed by atoms with Crippen LogP contribution in [0, 0.1) is 0 Å².